The normalized spacial score (nSPS) is 47.6. The van der Waals surface area contributed by atoms with Gasteiger partial charge >= 0.3 is 0 Å². The Morgan fingerprint density at radius 1 is 0.542 bits per heavy atom. The molecule has 0 unspecified atom stereocenters. The third kappa shape index (κ3) is 2.84. The Hall–Kier alpha value is -0.480. The van der Waals surface area contributed by atoms with Crippen LogP contribution in [0, 0.1) is 0 Å². The topological polar surface area (TPSA) is 43.2 Å². The Kier molecular flexibility index (Phi) is 4.28. The molecule has 4 nitrogen and oxygen atoms in total. The molecular weight excluding hydrogens is 300 g/mol. The van der Waals surface area contributed by atoms with Gasteiger partial charge < -0.3 is 9.47 Å². The first-order valence-electron chi connectivity index (χ1n) is 10.3. The summed E-state index contributed by atoms with van der Waals surface area (Å²) < 4.78 is 12.2. The molecule has 4 bridgehead atoms. The average molecular weight is 335 g/mol. The third-order valence-electron chi connectivity index (χ3n) is 7.65. The van der Waals surface area contributed by atoms with Crippen molar-refractivity contribution in [2.45, 2.75) is 113 Å². The summed E-state index contributed by atoms with van der Waals surface area (Å²) >= 11 is 0. The van der Waals surface area contributed by atoms with E-state index in [1.165, 1.54) is 77.0 Å². The summed E-state index contributed by atoms with van der Waals surface area (Å²) in [6.07, 6.45) is 14.1. The first kappa shape index (κ1) is 17.0. The molecule has 0 aromatic carbocycles. The van der Waals surface area contributed by atoms with Crippen molar-refractivity contribution in [2.24, 2.45) is 10.2 Å². The van der Waals surface area contributed by atoms with E-state index in [4.69, 9.17) is 19.7 Å². The van der Waals surface area contributed by atoms with Gasteiger partial charge in [-0.2, -0.15) is 10.2 Å². The molecule has 0 radical (unpaired) electrons. The maximum absolute atomic E-state index is 6.09. The lowest BCUT2D eigenvalue weighted by Crippen LogP contribution is -2.52. The van der Waals surface area contributed by atoms with E-state index in [1.54, 1.807) is 0 Å². The zero-order chi connectivity index (χ0) is 16.7. The molecule has 0 spiro atoms. The fourth-order valence-corrected chi connectivity index (χ4v) is 5.82. The summed E-state index contributed by atoms with van der Waals surface area (Å²) in [7, 11) is 0. The molecule has 0 aromatic heterocycles. The summed E-state index contributed by atoms with van der Waals surface area (Å²) in [5, 5.41) is 10.1. The van der Waals surface area contributed by atoms with Gasteiger partial charge in [0.2, 0.25) is 0 Å². The van der Waals surface area contributed by atoms with Gasteiger partial charge in [-0.15, -0.1) is 0 Å². The Morgan fingerprint density at radius 2 is 0.833 bits per heavy atom. The number of hydrogen-bond donors (Lipinski definition) is 0. The zero-order valence-corrected chi connectivity index (χ0v) is 15.6. The lowest BCUT2D eigenvalue weighted by Gasteiger charge is -2.52. The van der Waals surface area contributed by atoms with Crippen molar-refractivity contribution in [2.75, 3.05) is 13.2 Å². The summed E-state index contributed by atoms with van der Waals surface area (Å²) in [4.78, 5) is 0. The quantitative estimate of drug-likeness (QED) is 0.626. The van der Waals surface area contributed by atoms with Crippen molar-refractivity contribution < 1.29 is 9.47 Å². The minimum atomic E-state index is 0.138. The second kappa shape index (κ2) is 6.05. The van der Waals surface area contributed by atoms with Crippen molar-refractivity contribution in [3.8, 4) is 0 Å². The van der Waals surface area contributed by atoms with E-state index < -0.39 is 0 Å². The Balaban J connectivity index is 1.40. The molecule has 0 heterocycles. The van der Waals surface area contributed by atoms with Gasteiger partial charge in [-0.3, -0.25) is 0 Å². The van der Waals surface area contributed by atoms with Crippen LogP contribution in [0.25, 0.3) is 0 Å². The Morgan fingerprint density at radius 3 is 1.08 bits per heavy atom. The molecule has 6 rings (SSSR count). The average Bonchev–Trinajstić information content (AvgIpc) is 2.64. The number of nitrogens with zero attached hydrogens (tertiary/aromatic N) is 2. The van der Waals surface area contributed by atoms with Crippen LogP contribution < -0.4 is 0 Å². The first-order chi connectivity index (χ1) is 11.6. The maximum atomic E-state index is 6.09. The molecule has 24 heavy (non-hydrogen) atoms. The van der Waals surface area contributed by atoms with Crippen LogP contribution in [0.3, 0.4) is 0 Å². The van der Waals surface area contributed by atoms with E-state index in [-0.39, 0.29) is 22.3 Å². The minimum absolute atomic E-state index is 0.138. The molecule has 6 aliphatic rings. The standard InChI is InChI=1S/C20H34N2O2/c1-3-23-19-11-5-17(6-12-19,7-13-19)21-22-18-8-14-20(15-9-18,16-10-18)24-4-2/h3-16H2,1-2H3. The van der Waals surface area contributed by atoms with Gasteiger partial charge in [-0.05, 0) is 90.9 Å². The van der Waals surface area contributed by atoms with Crippen LogP contribution in [0.15, 0.2) is 10.2 Å². The van der Waals surface area contributed by atoms with Crippen LogP contribution in [0.1, 0.15) is 90.9 Å². The second-order valence-electron chi connectivity index (χ2n) is 8.88. The van der Waals surface area contributed by atoms with E-state index in [2.05, 4.69) is 13.8 Å². The molecule has 0 atom stereocenters. The number of fused-ring (bicyclic) bond motifs is 6. The first-order valence-corrected chi connectivity index (χ1v) is 10.3. The Bertz CT molecular complexity index is 409. The van der Waals surface area contributed by atoms with Crippen molar-refractivity contribution in [1.29, 1.82) is 0 Å². The molecule has 6 fully saturated rings. The molecule has 4 heteroatoms. The van der Waals surface area contributed by atoms with Gasteiger partial charge in [0.1, 0.15) is 0 Å². The number of ether oxygens (including phenoxy) is 2. The lowest BCUT2D eigenvalue weighted by molar-refractivity contribution is -0.119. The van der Waals surface area contributed by atoms with Crippen LogP contribution in [-0.4, -0.2) is 35.5 Å². The minimum Gasteiger partial charge on any atom is -0.375 e. The molecule has 6 aliphatic carbocycles. The summed E-state index contributed by atoms with van der Waals surface area (Å²) in [5.74, 6) is 0. The number of rotatable bonds is 6. The van der Waals surface area contributed by atoms with Gasteiger partial charge in [0.05, 0.1) is 22.3 Å². The van der Waals surface area contributed by atoms with Gasteiger partial charge in [0, 0.05) is 13.2 Å². The summed E-state index contributed by atoms with van der Waals surface area (Å²) in [6.45, 7) is 5.94. The molecular formula is C20H34N2O2. The molecule has 136 valence electrons. The molecule has 0 saturated heterocycles. The predicted molar refractivity (Wildman–Crippen MR) is 94.4 cm³/mol. The van der Waals surface area contributed by atoms with E-state index in [0.717, 1.165) is 13.2 Å². The lowest BCUT2D eigenvalue weighted by atomic mass is 9.63. The number of azo groups is 1. The SMILES string of the molecule is CCOC12CCC(N=NC34CCC(OCC)(CC3)CC4)(CC1)CC2. The largest absolute Gasteiger partial charge is 0.375 e. The molecule has 0 aliphatic heterocycles. The highest BCUT2D eigenvalue weighted by atomic mass is 16.5. The molecule has 0 aromatic rings. The maximum Gasteiger partial charge on any atom is 0.0819 e. The monoisotopic (exact) mass is 334 g/mol. The van der Waals surface area contributed by atoms with Crippen molar-refractivity contribution in [3.05, 3.63) is 0 Å². The van der Waals surface area contributed by atoms with Crippen LogP contribution in [0.5, 0.6) is 0 Å². The summed E-state index contributed by atoms with van der Waals surface area (Å²) in [5.41, 5.74) is 0.632. The fourth-order valence-electron chi connectivity index (χ4n) is 5.82. The summed E-state index contributed by atoms with van der Waals surface area (Å²) in [6, 6.07) is 0. The van der Waals surface area contributed by atoms with Crippen LogP contribution in [-0.2, 0) is 9.47 Å². The fraction of sp³-hybridized carbons (Fsp3) is 1.00. The third-order valence-corrected chi connectivity index (χ3v) is 7.65. The van der Waals surface area contributed by atoms with Gasteiger partial charge in [0.15, 0.2) is 0 Å². The van der Waals surface area contributed by atoms with Crippen molar-refractivity contribution in [3.63, 3.8) is 0 Å². The number of hydrogen-bond acceptors (Lipinski definition) is 4. The van der Waals surface area contributed by atoms with E-state index in [9.17, 15) is 0 Å². The smallest absolute Gasteiger partial charge is 0.0819 e. The zero-order valence-electron chi connectivity index (χ0n) is 15.6. The van der Waals surface area contributed by atoms with E-state index in [0.29, 0.717) is 0 Å². The van der Waals surface area contributed by atoms with E-state index in [1.807, 2.05) is 0 Å². The van der Waals surface area contributed by atoms with Crippen LogP contribution in [0.4, 0.5) is 0 Å². The highest BCUT2D eigenvalue weighted by Crippen LogP contribution is 2.54. The van der Waals surface area contributed by atoms with Crippen molar-refractivity contribution in [1.82, 2.24) is 0 Å². The van der Waals surface area contributed by atoms with Crippen LogP contribution >= 0.6 is 0 Å². The van der Waals surface area contributed by atoms with E-state index >= 15 is 0 Å². The highest BCUT2D eigenvalue weighted by molar-refractivity contribution is 5.08. The molecule has 0 N–H and O–H groups in total. The molecule has 0 amide bonds. The Labute approximate surface area is 146 Å². The highest BCUT2D eigenvalue weighted by Gasteiger charge is 2.52. The predicted octanol–water partition coefficient (Wildman–Crippen LogP) is 5.20. The second-order valence-corrected chi connectivity index (χ2v) is 8.88. The van der Waals surface area contributed by atoms with Crippen molar-refractivity contribution >= 4 is 0 Å². The van der Waals surface area contributed by atoms with Gasteiger partial charge in [0.25, 0.3) is 0 Å². The van der Waals surface area contributed by atoms with Gasteiger partial charge in [-0.25, -0.2) is 0 Å². The van der Waals surface area contributed by atoms with Gasteiger partial charge in [-0.1, -0.05) is 0 Å². The van der Waals surface area contributed by atoms with Crippen LogP contribution in [0.2, 0.25) is 0 Å². The molecule has 6 saturated carbocycles.